The second-order valence-corrected chi connectivity index (χ2v) is 9.36. The van der Waals surface area contributed by atoms with Gasteiger partial charge in [-0.25, -0.2) is 9.59 Å². The standard InChI is InChI=1S/C29H31N3O7/c1-18-5-3-4-6-24(18)30-29(37)31-25-12-7-19(13-26(25)38-2)14-27(34)32-16-21(33)15-23(17-32)39-22-10-8-20(9-11-22)28(35)36/h3-13,21,23,33H,14-17H2,1-2H3,(H,35,36)(H2,30,31,37)/t21-,23+/m0/s1. The van der Waals surface area contributed by atoms with Crippen molar-refractivity contribution in [3.8, 4) is 11.5 Å². The second-order valence-electron chi connectivity index (χ2n) is 9.36. The van der Waals surface area contributed by atoms with Crippen molar-refractivity contribution in [1.29, 1.82) is 0 Å². The number of nitrogens with one attached hydrogen (secondary N) is 2. The number of piperidine rings is 1. The highest BCUT2D eigenvalue weighted by Crippen LogP contribution is 2.27. The summed E-state index contributed by atoms with van der Waals surface area (Å²) >= 11 is 0. The number of aliphatic hydroxyl groups excluding tert-OH is 1. The number of hydrogen-bond acceptors (Lipinski definition) is 6. The van der Waals surface area contributed by atoms with Gasteiger partial charge in [-0.3, -0.25) is 4.79 Å². The van der Waals surface area contributed by atoms with Crippen LogP contribution in [0.1, 0.15) is 27.9 Å². The minimum absolute atomic E-state index is 0.0682. The van der Waals surface area contributed by atoms with Gasteiger partial charge in [-0.05, 0) is 60.5 Å². The summed E-state index contributed by atoms with van der Waals surface area (Å²) in [6.07, 6.45) is -0.776. The first-order valence-electron chi connectivity index (χ1n) is 12.5. The van der Waals surface area contributed by atoms with Crippen LogP contribution in [0, 0.1) is 6.92 Å². The van der Waals surface area contributed by atoms with Crippen LogP contribution in [0.25, 0.3) is 0 Å². The van der Waals surface area contributed by atoms with Gasteiger partial charge in [0.15, 0.2) is 0 Å². The van der Waals surface area contributed by atoms with E-state index in [9.17, 15) is 19.5 Å². The molecular formula is C29H31N3O7. The molecule has 0 radical (unpaired) electrons. The molecule has 1 heterocycles. The number of β-amino-alcohol motifs (C(OH)–C–C–N with tert-alkyl or cyclic N) is 1. The number of amides is 3. The Balaban J connectivity index is 1.37. The maximum absolute atomic E-state index is 13.1. The fraction of sp³-hybridized carbons (Fsp3) is 0.276. The number of para-hydroxylation sites is 1. The number of aliphatic hydroxyl groups is 1. The van der Waals surface area contributed by atoms with Crippen molar-refractivity contribution in [1.82, 2.24) is 4.90 Å². The predicted molar refractivity (Wildman–Crippen MR) is 146 cm³/mol. The topological polar surface area (TPSA) is 137 Å². The molecule has 1 fully saturated rings. The fourth-order valence-electron chi connectivity index (χ4n) is 4.41. The van der Waals surface area contributed by atoms with Gasteiger partial charge in [-0.15, -0.1) is 0 Å². The highest BCUT2D eigenvalue weighted by Gasteiger charge is 2.30. The lowest BCUT2D eigenvalue weighted by Gasteiger charge is -2.35. The summed E-state index contributed by atoms with van der Waals surface area (Å²) in [5.41, 5.74) is 2.91. The number of anilines is 2. The van der Waals surface area contributed by atoms with Crippen molar-refractivity contribution in [2.75, 3.05) is 30.8 Å². The molecule has 0 aromatic heterocycles. The van der Waals surface area contributed by atoms with Gasteiger partial charge in [0, 0.05) is 18.7 Å². The third-order valence-electron chi connectivity index (χ3n) is 6.41. The summed E-state index contributed by atoms with van der Waals surface area (Å²) in [6, 6.07) is 18.1. The number of aromatic carboxylic acids is 1. The van der Waals surface area contributed by atoms with E-state index in [1.54, 1.807) is 35.2 Å². The van der Waals surface area contributed by atoms with Gasteiger partial charge in [0.1, 0.15) is 17.6 Å². The summed E-state index contributed by atoms with van der Waals surface area (Å²) in [7, 11) is 1.48. The van der Waals surface area contributed by atoms with Gasteiger partial charge in [0.25, 0.3) is 0 Å². The molecule has 204 valence electrons. The molecule has 0 saturated carbocycles. The van der Waals surface area contributed by atoms with Crippen molar-refractivity contribution in [2.45, 2.75) is 32.0 Å². The monoisotopic (exact) mass is 533 g/mol. The summed E-state index contributed by atoms with van der Waals surface area (Å²) in [5, 5.41) is 25.0. The average Bonchev–Trinajstić information content (AvgIpc) is 2.90. The average molecular weight is 534 g/mol. The SMILES string of the molecule is COc1cc(CC(=O)N2C[C@@H](O)C[C@@H](Oc3ccc(C(=O)O)cc3)C2)ccc1NC(=O)Nc1ccccc1C. The van der Waals surface area contributed by atoms with Crippen LogP contribution in [0.2, 0.25) is 0 Å². The molecule has 0 unspecified atom stereocenters. The Morgan fingerprint density at radius 1 is 0.974 bits per heavy atom. The minimum Gasteiger partial charge on any atom is -0.495 e. The predicted octanol–water partition coefficient (Wildman–Crippen LogP) is 3.93. The number of methoxy groups -OCH3 is 1. The molecule has 4 rings (SSSR count). The quantitative estimate of drug-likeness (QED) is 0.344. The Hall–Kier alpha value is -4.57. The Morgan fingerprint density at radius 2 is 1.69 bits per heavy atom. The molecule has 4 N–H and O–H groups in total. The van der Waals surface area contributed by atoms with E-state index in [0.29, 0.717) is 34.9 Å². The van der Waals surface area contributed by atoms with Gasteiger partial charge in [0.2, 0.25) is 5.91 Å². The van der Waals surface area contributed by atoms with E-state index in [0.717, 1.165) is 5.56 Å². The van der Waals surface area contributed by atoms with Crippen molar-refractivity contribution < 1.29 is 34.1 Å². The first kappa shape index (κ1) is 27.5. The molecule has 0 bridgehead atoms. The Bertz CT molecular complexity index is 1340. The van der Waals surface area contributed by atoms with E-state index in [1.807, 2.05) is 31.2 Å². The third-order valence-corrected chi connectivity index (χ3v) is 6.41. The zero-order valence-electron chi connectivity index (χ0n) is 21.7. The number of aryl methyl sites for hydroxylation is 1. The number of carboxylic acid groups (broad SMARTS) is 1. The lowest BCUT2D eigenvalue weighted by atomic mass is 10.0. The number of carboxylic acids is 1. The number of carbonyl (C=O) groups excluding carboxylic acids is 2. The highest BCUT2D eigenvalue weighted by molar-refractivity contribution is 6.01. The molecular weight excluding hydrogens is 502 g/mol. The van der Waals surface area contributed by atoms with E-state index >= 15 is 0 Å². The summed E-state index contributed by atoms with van der Waals surface area (Å²) in [5.74, 6) is -0.350. The maximum Gasteiger partial charge on any atom is 0.335 e. The van der Waals surface area contributed by atoms with Crippen LogP contribution in [0.15, 0.2) is 66.7 Å². The number of urea groups is 1. The zero-order chi connectivity index (χ0) is 27.9. The number of benzene rings is 3. The van der Waals surface area contributed by atoms with Crippen molar-refractivity contribution >= 4 is 29.3 Å². The smallest absolute Gasteiger partial charge is 0.335 e. The Labute approximate surface area is 226 Å². The van der Waals surface area contributed by atoms with E-state index in [2.05, 4.69) is 10.6 Å². The van der Waals surface area contributed by atoms with Crippen LogP contribution in [0.4, 0.5) is 16.2 Å². The van der Waals surface area contributed by atoms with E-state index in [4.69, 9.17) is 14.6 Å². The fourth-order valence-corrected chi connectivity index (χ4v) is 4.41. The normalized spacial score (nSPS) is 16.7. The van der Waals surface area contributed by atoms with Crippen molar-refractivity contribution in [3.05, 3.63) is 83.4 Å². The van der Waals surface area contributed by atoms with Gasteiger partial charge >= 0.3 is 12.0 Å². The number of rotatable bonds is 8. The number of ether oxygens (including phenoxy) is 2. The van der Waals surface area contributed by atoms with Crippen LogP contribution in [0.5, 0.6) is 11.5 Å². The lowest BCUT2D eigenvalue weighted by molar-refractivity contribution is -0.136. The minimum atomic E-state index is -1.03. The highest BCUT2D eigenvalue weighted by atomic mass is 16.5. The molecule has 1 saturated heterocycles. The summed E-state index contributed by atoms with van der Waals surface area (Å²) in [4.78, 5) is 38.2. The van der Waals surface area contributed by atoms with E-state index in [-0.39, 0.29) is 31.0 Å². The maximum atomic E-state index is 13.1. The third kappa shape index (κ3) is 7.26. The summed E-state index contributed by atoms with van der Waals surface area (Å²) in [6.45, 7) is 2.37. The summed E-state index contributed by atoms with van der Waals surface area (Å²) < 4.78 is 11.4. The number of hydrogen-bond donors (Lipinski definition) is 4. The molecule has 0 spiro atoms. The number of likely N-dealkylation sites (tertiary alicyclic amines) is 1. The first-order chi connectivity index (χ1) is 18.7. The molecule has 3 aromatic carbocycles. The van der Waals surface area contributed by atoms with Crippen LogP contribution >= 0.6 is 0 Å². The molecule has 3 amide bonds. The lowest BCUT2D eigenvalue weighted by Crippen LogP contribution is -2.50. The molecule has 2 atom stereocenters. The second kappa shape index (κ2) is 12.3. The Kier molecular flexibility index (Phi) is 8.67. The van der Waals surface area contributed by atoms with Crippen LogP contribution in [-0.2, 0) is 11.2 Å². The molecule has 39 heavy (non-hydrogen) atoms. The van der Waals surface area contributed by atoms with Gasteiger partial charge < -0.3 is 35.2 Å². The molecule has 3 aromatic rings. The van der Waals surface area contributed by atoms with Crippen LogP contribution < -0.4 is 20.1 Å². The molecule has 0 aliphatic carbocycles. The Morgan fingerprint density at radius 3 is 2.38 bits per heavy atom. The number of carbonyl (C=O) groups is 3. The zero-order valence-corrected chi connectivity index (χ0v) is 21.7. The van der Waals surface area contributed by atoms with E-state index in [1.165, 1.54) is 19.2 Å². The van der Waals surface area contributed by atoms with Crippen LogP contribution in [-0.4, -0.2) is 65.4 Å². The van der Waals surface area contributed by atoms with E-state index < -0.39 is 24.2 Å². The molecule has 10 nitrogen and oxygen atoms in total. The van der Waals surface area contributed by atoms with Gasteiger partial charge in [-0.2, -0.15) is 0 Å². The van der Waals surface area contributed by atoms with Crippen molar-refractivity contribution in [3.63, 3.8) is 0 Å². The molecule has 10 heteroatoms. The largest absolute Gasteiger partial charge is 0.495 e. The van der Waals surface area contributed by atoms with Gasteiger partial charge in [-0.1, -0.05) is 24.3 Å². The number of nitrogens with zero attached hydrogens (tertiary/aromatic N) is 1. The molecule has 1 aliphatic heterocycles. The van der Waals surface area contributed by atoms with Crippen LogP contribution in [0.3, 0.4) is 0 Å². The molecule has 1 aliphatic rings. The first-order valence-corrected chi connectivity index (χ1v) is 12.5. The van der Waals surface area contributed by atoms with Gasteiger partial charge in [0.05, 0.1) is 37.4 Å². The van der Waals surface area contributed by atoms with Crippen molar-refractivity contribution in [2.24, 2.45) is 0 Å².